The molecule has 3 aromatic heterocycles. The van der Waals surface area contributed by atoms with E-state index in [-0.39, 0.29) is 6.04 Å². The van der Waals surface area contributed by atoms with Crippen LogP contribution in [0.3, 0.4) is 0 Å². The molecular formula is C16H19N7O. The Hall–Kier alpha value is -3.16. The molecule has 0 atom stereocenters. The van der Waals surface area contributed by atoms with Crippen molar-refractivity contribution in [3.63, 3.8) is 0 Å². The van der Waals surface area contributed by atoms with E-state index in [1.807, 2.05) is 30.7 Å². The zero-order valence-corrected chi connectivity index (χ0v) is 13.8. The van der Waals surface area contributed by atoms with E-state index in [2.05, 4.69) is 32.1 Å². The number of aromatic nitrogens is 5. The summed E-state index contributed by atoms with van der Waals surface area (Å²) in [6.45, 7) is 7.80. The van der Waals surface area contributed by atoms with Gasteiger partial charge < -0.3 is 15.6 Å². The predicted octanol–water partition coefficient (Wildman–Crippen LogP) is 2.83. The van der Waals surface area contributed by atoms with Gasteiger partial charge in [0.2, 0.25) is 0 Å². The lowest BCUT2D eigenvalue weighted by molar-refractivity contribution is 0.415. The van der Waals surface area contributed by atoms with E-state index in [4.69, 9.17) is 10.3 Å². The predicted molar refractivity (Wildman–Crippen MR) is 95.2 cm³/mol. The molecule has 3 rings (SSSR count). The van der Waals surface area contributed by atoms with Crippen LogP contribution < -0.4 is 11.1 Å². The van der Waals surface area contributed by atoms with Crippen LogP contribution >= 0.6 is 0 Å². The molecule has 8 nitrogen and oxygen atoms in total. The van der Waals surface area contributed by atoms with E-state index in [0.717, 1.165) is 10.9 Å². The van der Waals surface area contributed by atoms with Crippen molar-refractivity contribution in [3.8, 4) is 0 Å². The van der Waals surface area contributed by atoms with Crippen LogP contribution in [0.15, 0.2) is 17.4 Å². The fourth-order valence-electron chi connectivity index (χ4n) is 2.46. The lowest BCUT2D eigenvalue weighted by Gasteiger charge is -2.05. The first-order chi connectivity index (χ1) is 11.6. The Balaban J connectivity index is 2.14. The second-order valence-electron chi connectivity index (χ2n) is 5.48. The third-order valence-electron chi connectivity index (χ3n) is 3.62. The maximum absolute atomic E-state index is 6.03. The Morgan fingerprint density at radius 1 is 1.33 bits per heavy atom. The highest BCUT2D eigenvalue weighted by Crippen LogP contribution is 2.27. The van der Waals surface area contributed by atoms with Gasteiger partial charge in [0.15, 0.2) is 17.2 Å². The average molecular weight is 325 g/mol. The van der Waals surface area contributed by atoms with E-state index in [9.17, 15) is 0 Å². The van der Waals surface area contributed by atoms with E-state index in [1.54, 1.807) is 13.1 Å². The molecule has 0 saturated carbocycles. The van der Waals surface area contributed by atoms with Gasteiger partial charge in [-0.15, -0.1) is 0 Å². The van der Waals surface area contributed by atoms with Crippen LogP contribution in [-0.4, -0.2) is 32.0 Å². The molecule has 8 heteroatoms. The van der Waals surface area contributed by atoms with Gasteiger partial charge in [0.05, 0.1) is 16.6 Å². The molecular weight excluding hydrogens is 306 g/mol. The maximum Gasteiger partial charge on any atom is 0.177 e. The molecule has 3 N–H and O–H groups in total. The van der Waals surface area contributed by atoms with Crippen LogP contribution in [0.1, 0.15) is 36.9 Å². The first kappa shape index (κ1) is 15.7. The summed E-state index contributed by atoms with van der Waals surface area (Å²) in [5.74, 6) is 1.60. The average Bonchev–Trinajstić information content (AvgIpc) is 3.14. The summed E-state index contributed by atoms with van der Waals surface area (Å²) in [4.78, 5) is 8.39. The van der Waals surface area contributed by atoms with Crippen molar-refractivity contribution in [3.05, 3.63) is 29.9 Å². The number of anilines is 2. The number of nitrogen functional groups attached to an aromatic ring is 1. The van der Waals surface area contributed by atoms with Crippen molar-refractivity contribution >= 4 is 40.9 Å². The fourth-order valence-corrected chi connectivity index (χ4v) is 2.46. The van der Waals surface area contributed by atoms with Crippen molar-refractivity contribution < 1.29 is 4.52 Å². The molecule has 124 valence electrons. The van der Waals surface area contributed by atoms with E-state index in [0.29, 0.717) is 28.7 Å². The van der Waals surface area contributed by atoms with Gasteiger partial charge in [0.25, 0.3) is 0 Å². The fraction of sp³-hybridized carbons (Fsp3) is 0.250. The van der Waals surface area contributed by atoms with Gasteiger partial charge in [0, 0.05) is 13.1 Å². The van der Waals surface area contributed by atoms with Gasteiger partial charge in [-0.05, 0) is 32.1 Å². The highest BCUT2D eigenvalue weighted by atomic mass is 16.5. The Morgan fingerprint density at radius 2 is 2.12 bits per heavy atom. The maximum atomic E-state index is 6.03. The topological polar surface area (TPSA) is 108 Å². The van der Waals surface area contributed by atoms with Crippen molar-refractivity contribution in [2.45, 2.75) is 19.9 Å². The summed E-state index contributed by atoms with van der Waals surface area (Å²) in [6.07, 6.45) is 6.76. The molecule has 0 aromatic carbocycles. The number of nitrogens with two attached hydrogens (primary N) is 1. The SMILES string of the molecule is C=Cc1onc(NC)c1/C=C/c1nn(C(C)C)c2ncnc(N)c12. The lowest BCUT2D eigenvalue weighted by atomic mass is 10.2. The second kappa shape index (κ2) is 6.15. The normalized spacial score (nSPS) is 11.7. The highest BCUT2D eigenvalue weighted by Gasteiger charge is 2.16. The molecule has 0 fully saturated rings. The minimum Gasteiger partial charge on any atom is -0.383 e. The number of nitrogens with one attached hydrogen (secondary N) is 1. The molecule has 0 aliphatic rings. The van der Waals surface area contributed by atoms with Crippen molar-refractivity contribution in [2.24, 2.45) is 0 Å². The van der Waals surface area contributed by atoms with Crippen LogP contribution in [0.25, 0.3) is 29.3 Å². The summed E-state index contributed by atoms with van der Waals surface area (Å²) < 4.78 is 7.05. The van der Waals surface area contributed by atoms with E-state index in [1.165, 1.54) is 6.33 Å². The molecule has 0 spiro atoms. The second-order valence-corrected chi connectivity index (χ2v) is 5.48. The Bertz CT molecular complexity index is 920. The quantitative estimate of drug-likeness (QED) is 0.742. The molecule has 0 saturated heterocycles. The molecule has 0 radical (unpaired) electrons. The van der Waals surface area contributed by atoms with Gasteiger partial charge in [-0.3, -0.25) is 0 Å². The van der Waals surface area contributed by atoms with Crippen LogP contribution in [0.4, 0.5) is 11.6 Å². The van der Waals surface area contributed by atoms with Gasteiger partial charge >= 0.3 is 0 Å². The molecule has 3 heterocycles. The molecule has 24 heavy (non-hydrogen) atoms. The number of fused-ring (bicyclic) bond motifs is 1. The van der Waals surface area contributed by atoms with Crippen LogP contribution in [0.5, 0.6) is 0 Å². The minimum absolute atomic E-state index is 0.149. The zero-order valence-electron chi connectivity index (χ0n) is 13.8. The van der Waals surface area contributed by atoms with Gasteiger partial charge in [-0.2, -0.15) is 5.10 Å². The van der Waals surface area contributed by atoms with E-state index >= 15 is 0 Å². The number of rotatable bonds is 5. The van der Waals surface area contributed by atoms with Gasteiger partial charge in [0.1, 0.15) is 12.1 Å². The van der Waals surface area contributed by atoms with Crippen molar-refractivity contribution in [1.29, 1.82) is 0 Å². The highest BCUT2D eigenvalue weighted by molar-refractivity contribution is 5.95. The largest absolute Gasteiger partial charge is 0.383 e. The Labute approximate surface area is 139 Å². The van der Waals surface area contributed by atoms with Crippen molar-refractivity contribution in [2.75, 3.05) is 18.1 Å². The monoisotopic (exact) mass is 325 g/mol. The Morgan fingerprint density at radius 3 is 2.79 bits per heavy atom. The number of hydrogen-bond donors (Lipinski definition) is 2. The van der Waals surface area contributed by atoms with Gasteiger partial charge in [-0.1, -0.05) is 11.7 Å². The van der Waals surface area contributed by atoms with Crippen LogP contribution in [0, 0.1) is 0 Å². The first-order valence-corrected chi connectivity index (χ1v) is 7.53. The standard InChI is InChI=1S/C16H19N7O/c1-5-12-10(15(18-4)22-24-12)6-7-11-13-14(17)19-8-20-16(13)23(21-11)9(2)3/h5-9H,1H2,2-4H3,(H,18,22)(H2,17,19,20)/b7-6+. The smallest absolute Gasteiger partial charge is 0.177 e. The summed E-state index contributed by atoms with van der Waals surface area (Å²) >= 11 is 0. The molecule has 0 aliphatic heterocycles. The third-order valence-corrected chi connectivity index (χ3v) is 3.62. The molecule has 0 amide bonds. The third kappa shape index (κ3) is 2.51. The minimum atomic E-state index is 0.149. The summed E-state index contributed by atoms with van der Waals surface area (Å²) in [6, 6.07) is 0.149. The molecule has 3 aromatic rings. The summed E-state index contributed by atoms with van der Waals surface area (Å²) in [7, 11) is 1.77. The van der Waals surface area contributed by atoms with Gasteiger partial charge in [-0.25, -0.2) is 14.6 Å². The molecule has 0 bridgehead atoms. The van der Waals surface area contributed by atoms with Crippen LogP contribution in [0.2, 0.25) is 0 Å². The lowest BCUT2D eigenvalue weighted by Crippen LogP contribution is -2.04. The zero-order chi connectivity index (χ0) is 17.3. The summed E-state index contributed by atoms with van der Waals surface area (Å²) in [5.41, 5.74) is 8.22. The van der Waals surface area contributed by atoms with E-state index < -0.39 is 0 Å². The number of hydrogen-bond acceptors (Lipinski definition) is 7. The molecule has 0 unspecified atom stereocenters. The first-order valence-electron chi connectivity index (χ1n) is 7.53. The van der Waals surface area contributed by atoms with Crippen molar-refractivity contribution in [1.82, 2.24) is 24.9 Å². The van der Waals surface area contributed by atoms with Crippen LogP contribution in [-0.2, 0) is 0 Å². The summed E-state index contributed by atoms with van der Waals surface area (Å²) in [5, 5.41) is 12.3. The number of nitrogens with zero attached hydrogens (tertiary/aromatic N) is 5. The molecule has 0 aliphatic carbocycles. The Kier molecular flexibility index (Phi) is 4.03.